The molecule has 0 aliphatic heterocycles. The molecule has 3 rings (SSSR count). The van der Waals surface area contributed by atoms with Gasteiger partial charge in [0.2, 0.25) is 0 Å². The minimum Gasteiger partial charge on any atom is -0.393 e. The molecule has 2 aromatic rings. The van der Waals surface area contributed by atoms with E-state index in [1.54, 1.807) is 16.9 Å². The number of amides is 1. The van der Waals surface area contributed by atoms with Crippen LogP contribution in [0.4, 0.5) is 0 Å². The number of aliphatic hydroxyl groups is 1. The number of nitrogens with zero attached hydrogens (tertiary/aromatic N) is 3. The van der Waals surface area contributed by atoms with Crippen LogP contribution >= 0.6 is 0 Å². The van der Waals surface area contributed by atoms with Crippen molar-refractivity contribution < 1.29 is 14.4 Å². The van der Waals surface area contributed by atoms with Gasteiger partial charge in [0.1, 0.15) is 6.54 Å². The molecule has 1 fully saturated rings. The molecule has 1 aliphatic rings. The summed E-state index contributed by atoms with van der Waals surface area (Å²) in [6.45, 7) is 2.98. The van der Waals surface area contributed by atoms with Crippen molar-refractivity contribution in [2.75, 3.05) is 6.54 Å². The molecule has 7 nitrogen and oxygen atoms in total. The monoisotopic (exact) mass is 318 g/mol. The van der Waals surface area contributed by atoms with Gasteiger partial charge in [0, 0.05) is 18.8 Å². The van der Waals surface area contributed by atoms with E-state index >= 15 is 0 Å². The van der Waals surface area contributed by atoms with Crippen LogP contribution < -0.4 is 5.32 Å². The smallest absolute Gasteiger partial charge is 0.273 e. The van der Waals surface area contributed by atoms with Crippen LogP contribution in [0.25, 0.3) is 0 Å². The molecule has 0 spiro atoms. The van der Waals surface area contributed by atoms with Gasteiger partial charge in [-0.15, -0.1) is 0 Å². The van der Waals surface area contributed by atoms with Gasteiger partial charge < -0.3 is 14.9 Å². The molecule has 2 aromatic heterocycles. The summed E-state index contributed by atoms with van der Waals surface area (Å²) in [5.41, 5.74) is 1.34. The Kier molecular flexibility index (Phi) is 4.76. The Labute approximate surface area is 134 Å². The van der Waals surface area contributed by atoms with Crippen molar-refractivity contribution in [1.82, 2.24) is 20.3 Å². The van der Waals surface area contributed by atoms with Crippen LogP contribution in [0.2, 0.25) is 0 Å². The van der Waals surface area contributed by atoms with Gasteiger partial charge in [-0.05, 0) is 37.7 Å². The summed E-state index contributed by atoms with van der Waals surface area (Å²) >= 11 is 0. The van der Waals surface area contributed by atoms with Gasteiger partial charge >= 0.3 is 0 Å². The van der Waals surface area contributed by atoms with E-state index in [1.807, 2.05) is 13.1 Å². The van der Waals surface area contributed by atoms with Gasteiger partial charge in [-0.3, -0.25) is 9.48 Å². The lowest BCUT2D eigenvalue weighted by molar-refractivity contribution is 0.0867. The molecule has 1 amide bonds. The zero-order chi connectivity index (χ0) is 16.2. The summed E-state index contributed by atoms with van der Waals surface area (Å²) in [7, 11) is 0. The number of hydrogen-bond acceptors (Lipinski definition) is 5. The number of aromatic nitrogens is 3. The Balaban J connectivity index is 1.51. The fourth-order valence-electron chi connectivity index (χ4n) is 2.98. The van der Waals surface area contributed by atoms with E-state index < -0.39 is 0 Å². The van der Waals surface area contributed by atoms with E-state index in [1.165, 1.54) is 0 Å². The minimum atomic E-state index is -0.239. The summed E-state index contributed by atoms with van der Waals surface area (Å²) in [5, 5.41) is 20.5. The Morgan fingerprint density at radius 2 is 2.39 bits per heavy atom. The quantitative estimate of drug-likeness (QED) is 0.871. The first-order valence-electron chi connectivity index (χ1n) is 8.01. The van der Waals surface area contributed by atoms with Gasteiger partial charge in [-0.2, -0.15) is 5.10 Å². The molecule has 7 heteroatoms. The average molecular weight is 318 g/mol. The van der Waals surface area contributed by atoms with Crippen molar-refractivity contribution in [3.8, 4) is 0 Å². The summed E-state index contributed by atoms with van der Waals surface area (Å²) in [4.78, 5) is 12.1. The van der Waals surface area contributed by atoms with Crippen LogP contribution in [0.1, 0.15) is 47.5 Å². The minimum absolute atomic E-state index is 0.234. The molecule has 2 heterocycles. The van der Waals surface area contributed by atoms with Crippen molar-refractivity contribution in [2.24, 2.45) is 5.92 Å². The molecule has 1 aliphatic carbocycles. The second-order valence-corrected chi connectivity index (χ2v) is 6.29. The van der Waals surface area contributed by atoms with Crippen molar-refractivity contribution in [3.05, 3.63) is 35.5 Å². The summed E-state index contributed by atoms with van der Waals surface area (Å²) in [6.07, 6.45) is 7.10. The average Bonchev–Trinajstić information content (AvgIpc) is 3.15. The lowest BCUT2D eigenvalue weighted by Gasteiger charge is -2.25. The van der Waals surface area contributed by atoms with E-state index in [0.717, 1.165) is 31.2 Å². The number of carbonyl (C=O) groups excluding carboxylic acids is 1. The molecular weight excluding hydrogens is 296 g/mol. The normalized spacial score (nSPS) is 21.3. The highest BCUT2D eigenvalue weighted by Crippen LogP contribution is 2.23. The topological polar surface area (TPSA) is 93.2 Å². The Morgan fingerprint density at radius 1 is 1.52 bits per heavy atom. The SMILES string of the molecule is Cc1cnn(Cc2cc(C(=O)NCC3CCCC(O)C3)no2)c1. The molecular formula is C16H22N4O3. The molecule has 0 radical (unpaired) electrons. The molecule has 0 bridgehead atoms. The number of aliphatic hydroxyl groups excluding tert-OH is 1. The first kappa shape index (κ1) is 15.7. The summed E-state index contributed by atoms with van der Waals surface area (Å²) in [6, 6.07) is 1.64. The van der Waals surface area contributed by atoms with Crippen molar-refractivity contribution in [1.29, 1.82) is 0 Å². The molecule has 0 saturated heterocycles. The fourth-order valence-corrected chi connectivity index (χ4v) is 2.98. The predicted octanol–water partition coefficient (Wildman–Crippen LogP) is 1.51. The standard InChI is InChI=1S/C16H22N4O3/c1-11-7-18-20(9-11)10-14-6-15(19-23-14)16(22)17-8-12-3-2-4-13(21)5-12/h6-7,9,12-13,21H,2-5,8,10H2,1H3,(H,17,22). The van der Waals surface area contributed by atoms with Crippen molar-refractivity contribution >= 4 is 5.91 Å². The lowest BCUT2D eigenvalue weighted by Crippen LogP contribution is -2.33. The van der Waals surface area contributed by atoms with Crippen LogP contribution in [0, 0.1) is 12.8 Å². The largest absolute Gasteiger partial charge is 0.393 e. The maximum atomic E-state index is 12.1. The van der Waals surface area contributed by atoms with Crippen molar-refractivity contribution in [2.45, 2.75) is 45.3 Å². The maximum absolute atomic E-state index is 12.1. The number of nitrogens with one attached hydrogen (secondary N) is 1. The molecule has 2 atom stereocenters. The first-order chi connectivity index (χ1) is 11.1. The van der Waals surface area contributed by atoms with E-state index in [-0.39, 0.29) is 17.7 Å². The van der Waals surface area contributed by atoms with E-state index in [4.69, 9.17) is 4.52 Å². The predicted molar refractivity (Wildman–Crippen MR) is 82.9 cm³/mol. The molecule has 1 saturated carbocycles. The number of hydrogen-bond donors (Lipinski definition) is 2. The lowest BCUT2D eigenvalue weighted by atomic mass is 9.87. The number of aryl methyl sites for hydroxylation is 1. The van der Waals surface area contributed by atoms with E-state index in [2.05, 4.69) is 15.6 Å². The van der Waals surface area contributed by atoms with Gasteiger partial charge in [0.15, 0.2) is 11.5 Å². The Hall–Kier alpha value is -2.15. The third-order valence-electron chi connectivity index (χ3n) is 4.18. The van der Waals surface area contributed by atoms with Crippen molar-refractivity contribution in [3.63, 3.8) is 0 Å². The van der Waals surface area contributed by atoms with Gasteiger partial charge in [0.25, 0.3) is 5.91 Å². The third-order valence-corrected chi connectivity index (χ3v) is 4.18. The second-order valence-electron chi connectivity index (χ2n) is 6.29. The Bertz CT molecular complexity index is 664. The van der Waals surface area contributed by atoms with Crippen LogP contribution in [-0.4, -0.2) is 38.6 Å². The van der Waals surface area contributed by atoms with Crippen LogP contribution in [-0.2, 0) is 6.54 Å². The third kappa shape index (κ3) is 4.19. The fraction of sp³-hybridized carbons (Fsp3) is 0.562. The maximum Gasteiger partial charge on any atom is 0.273 e. The van der Waals surface area contributed by atoms with Crippen LogP contribution in [0.3, 0.4) is 0 Å². The van der Waals surface area contributed by atoms with E-state index in [9.17, 15) is 9.90 Å². The molecule has 0 aromatic carbocycles. The molecule has 2 N–H and O–H groups in total. The first-order valence-corrected chi connectivity index (χ1v) is 8.01. The zero-order valence-electron chi connectivity index (χ0n) is 13.2. The highest BCUT2D eigenvalue weighted by Gasteiger charge is 2.21. The summed E-state index contributed by atoms with van der Waals surface area (Å²) in [5.74, 6) is 0.684. The second kappa shape index (κ2) is 6.95. The van der Waals surface area contributed by atoms with Crippen LogP contribution in [0.5, 0.6) is 0 Å². The van der Waals surface area contributed by atoms with Gasteiger partial charge in [0.05, 0.1) is 12.3 Å². The molecule has 124 valence electrons. The number of carbonyl (C=O) groups is 1. The molecule has 2 unspecified atom stereocenters. The molecule has 23 heavy (non-hydrogen) atoms. The zero-order valence-corrected chi connectivity index (χ0v) is 13.2. The highest BCUT2D eigenvalue weighted by atomic mass is 16.5. The summed E-state index contributed by atoms with van der Waals surface area (Å²) < 4.78 is 6.93. The van der Waals surface area contributed by atoms with E-state index in [0.29, 0.717) is 24.8 Å². The van der Waals surface area contributed by atoms with Gasteiger partial charge in [-0.25, -0.2) is 0 Å². The Morgan fingerprint density at radius 3 is 3.13 bits per heavy atom. The highest BCUT2D eigenvalue weighted by molar-refractivity contribution is 5.92. The van der Waals surface area contributed by atoms with Crippen LogP contribution in [0.15, 0.2) is 23.0 Å². The number of rotatable bonds is 5. The van der Waals surface area contributed by atoms with Gasteiger partial charge in [-0.1, -0.05) is 11.6 Å².